The third-order valence-corrected chi connectivity index (χ3v) is 2.36. The van der Waals surface area contributed by atoms with Gasteiger partial charge in [-0.15, -0.1) is 0 Å². The zero-order valence-corrected chi connectivity index (χ0v) is 9.48. The second-order valence-corrected chi connectivity index (χ2v) is 5.17. The molecule has 0 fully saturated rings. The number of rotatable bonds is 3. The molecule has 0 aliphatic carbocycles. The van der Waals surface area contributed by atoms with Crippen LogP contribution >= 0.6 is 11.5 Å². The highest BCUT2D eigenvalue weighted by Gasteiger charge is 2.19. The lowest BCUT2D eigenvalue weighted by Gasteiger charge is -2.12. The molecule has 2 N–H and O–H groups in total. The first kappa shape index (κ1) is 10.6. The van der Waals surface area contributed by atoms with Gasteiger partial charge in [-0.25, -0.2) is 4.98 Å². The summed E-state index contributed by atoms with van der Waals surface area (Å²) in [5.41, 5.74) is 5.47. The van der Waals surface area contributed by atoms with Crippen LogP contribution in [0.5, 0.6) is 0 Å². The fourth-order valence-corrected chi connectivity index (χ4v) is 1.95. The molecule has 0 aliphatic heterocycles. The minimum atomic E-state index is -0.411. The van der Waals surface area contributed by atoms with Crippen LogP contribution in [0.3, 0.4) is 0 Å². The van der Waals surface area contributed by atoms with Crippen molar-refractivity contribution in [3.8, 4) is 0 Å². The van der Waals surface area contributed by atoms with Gasteiger partial charge in [-0.3, -0.25) is 0 Å². The molecule has 3 nitrogen and oxygen atoms in total. The Bertz CT molecular complexity index is 273. The predicted molar refractivity (Wildman–Crippen MR) is 55.7 cm³/mol. The van der Waals surface area contributed by atoms with Gasteiger partial charge in [0.25, 0.3) is 0 Å². The first-order valence-corrected chi connectivity index (χ1v) is 5.29. The van der Waals surface area contributed by atoms with Crippen LogP contribution in [0.15, 0.2) is 0 Å². The summed E-state index contributed by atoms with van der Waals surface area (Å²) in [5, 5.41) is 1.09. The van der Waals surface area contributed by atoms with Crippen LogP contribution in [-0.4, -0.2) is 9.36 Å². The minimum Gasteiger partial charge on any atom is -0.319 e. The van der Waals surface area contributed by atoms with E-state index in [9.17, 15) is 0 Å². The second-order valence-electron chi connectivity index (χ2n) is 4.33. The monoisotopic (exact) mass is 199 g/mol. The quantitative estimate of drug-likeness (QED) is 0.809. The molecule has 0 spiro atoms. The molecular weight excluding hydrogens is 182 g/mol. The van der Waals surface area contributed by atoms with Crippen molar-refractivity contribution in [1.29, 1.82) is 0 Å². The third-order valence-electron chi connectivity index (χ3n) is 1.63. The summed E-state index contributed by atoms with van der Waals surface area (Å²) in [6, 6.07) is 0. The highest BCUT2D eigenvalue weighted by atomic mass is 32.1. The second kappa shape index (κ2) is 3.72. The average Bonchev–Trinajstić information content (AvgIpc) is 2.32. The van der Waals surface area contributed by atoms with Gasteiger partial charge in [0.15, 0.2) is 5.82 Å². The van der Waals surface area contributed by atoms with Crippen molar-refractivity contribution >= 4 is 11.5 Å². The Hall–Kier alpha value is -0.480. The minimum absolute atomic E-state index is 0.411. The van der Waals surface area contributed by atoms with Crippen molar-refractivity contribution in [2.24, 2.45) is 11.7 Å². The average molecular weight is 199 g/mol. The first-order chi connectivity index (χ1) is 5.89. The van der Waals surface area contributed by atoms with E-state index in [1.165, 1.54) is 11.5 Å². The Morgan fingerprint density at radius 1 is 1.46 bits per heavy atom. The van der Waals surface area contributed by atoms with E-state index in [0.29, 0.717) is 5.92 Å². The molecule has 0 amide bonds. The molecule has 1 rings (SSSR count). The van der Waals surface area contributed by atoms with Gasteiger partial charge in [-0.2, -0.15) is 4.37 Å². The lowest BCUT2D eigenvalue weighted by molar-refractivity contribution is 0.518. The zero-order chi connectivity index (χ0) is 10.1. The standard InChI is InChI=1S/C9H17N3S/c1-6(2)5-7-11-8(12-13-7)9(3,4)10/h6H,5,10H2,1-4H3. The van der Waals surface area contributed by atoms with Crippen LogP contribution < -0.4 is 5.73 Å². The molecule has 13 heavy (non-hydrogen) atoms. The van der Waals surface area contributed by atoms with Crippen molar-refractivity contribution in [2.45, 2.75) is 39.7 Å². The Morgan fingerprint density at radius 3 is 2.46 bits per heavy atom. The predicted octanol–water partition coefficient (Wildman–Crippen LogP) is 1.93. The molecule has 0 aliphatic rings. The van der Waals surface area contributed by atoms with E-state index in [-0.39, 0.29) is 0 Å². The van der Waals surface area contributed by atoms with Crippen LogP contribution in [-0.2, 0) is 12.0 Å². The van der Waals surface area contributed by atoms with Crippen molar-refractivity contribution < 1.29 is 0 Å². The summed E-state index contributed by atoms with van der Waals surface area (Å²) in [7, 11) is 0. The number of nitrogens with two attached hydrogens (primary N) is 1. The molecule has 0 aromatic carbocycles. The van der Waals surface area contributed by atoms with Gasteiger partial charge < -0.3 is 5.73 Å². The van der Waals surface area contributed by atoms with Crippen molar-refractivity contribution in [3.63, 3.8) is 0 Å². The van der Waals surface area contributed by atoms with E-state index in [0.717, 1.165) is 17.3 Å². The van der Waals surface area contributed by atoms with E-state index in [1.807, 2.05) is 13.8 Å². The van der Waals surface area contributed by atoms with E-state index < -0.39 is 5.54 Å². The number of aromatic nitrogens is 2. The van der Waals surface area contributed by atoms with Crippen molar-refractivity contribution in [2.75, 3.05) is 0 Å². The summed E-state index contributed by atoms with van der Waals surface area (Å²) in [4.78, 5) is 4.40. The van der Waals surface area contributed by atoms with Gasteiger partial charge in [0.1, 0.15) is 5.01 Å². The van der Waals surface area contributed by atoms with Gasteiger partial charge in [0.05, 0.1) is 5.54 Å². The van der Waals surface area contributed by atoms with Crippen molar-refractivity contribution in [1.82, 2.24) is 9.36 Å². The molecule has 0 saturated heterocycles. The van der Waals surface area contributed by atoms with Gasteiger partial charge in [0, 0.05) is 6.42 Å². The lowest BCUT2D eigenvalue weighted by Crippen LogP contribution is -2.30. The van der Waals surface area contributed by atoms with Gasteiger partial charge in [-0.1, -0.05) is 13.8 Å². The molecule has 1 aromatic heterocycles. The van der Waals surface area contributed by atoms with Gasteiger partial charge in [-0.05, 0) is 31.3 Å². The third kappa shape index (κ3) is 3.04. The van der Waals surface area contributed by atoms with E-state index >= 15 is 0 Å². The normalized spacial score (nSPS) is 12.5. The molecule has 0 bridgehead atoms. The van der Waals surface area contributed by atoms with Gasteiger partial charge >= 0.3 is 0 Å². The molecule has 4 heteroatoms. The summed E-state index contributed by atoms with van der Waals surface area (Å²) >= 11 is 1.46. The number of hydrogen-bond acceptors (Lipinski definition) is 4. The fraction of sp³-hybridized carbons (Fsp3) is 0.778. The number of hydrogen-bond donors (Lipinski definition) is 1. The van der Waals surface area contributed by atoms with Crippen LogP contribution in [0, 0.1) is 5.92 Å². The van der Waals surface area contributed by atoms with Crippen LogP contribution in [0.4, 0.5) is 0 Å². The molecule has 0 atom stereocenters. The van der Waals surface area contributed by atoms with Gasteiger partial charge in [0.2, 0.25) is 0 Å². The molecule has 0 unspecified atom stereocenters. The largest absolute Gasteiger partial charge is 0.319 e. The smallest absolute Gasteiger partial charge is 0.161 e. The highest BCUT2D eigenvalue weighted by Crippen LogP contribution is 2.17. The van der Waals surface area contributed by atoms with Crippen LogP contribution in [0.1, 0.15) is 38.5 Å². The molecule has 74 valence electrons. The summed E-state index contributed by atoms with van der Waals surface area (Å²) in [6.45, 7) is 8.20. The lowest BCUT2D eigenvalue weighted by atomic mass is 10.1. The van der Waals surface area contributed by atoms with Crippen molar-refractivity contribution in [3.05, 3.63) is 10.8 Å². The molecule has 1 aromatic rings. The molecule has 1 heterocycles. The Labute approximate surface area is 83.5 Å². The maximum Gasteiger partial charge on any atom is 0.161 e. The van der Waals surface area contributed by atoms with Crippen LogP contribution in [0.2, 0.25) is 0 Å². The van der Waals surface area contributed by atoms with E-state index in [4.69, 9.17) is 5.73 Å². The topological polar surface area (TPSA) is 51.8 Å². The van der Waals surface area contributed by atoms with Crippen LogP contribution in [0.25, 0.3) is 0 Å². The fourth-order valence-electron chi connectivity index (χ4n) is 0.949. The Balaban J connectivity index is 2.75. The maximum atomic E-state index is 5.88. The number of nitrogens with zero attached hydrogens (tertiary/aromatic N) is 2. The summed E-state index contributed by atoms with van der Waals surface area (Å²) in [6.07, 6.45) is 0.994. The Kier molecular flexibility index (Phi) is 3.03. The van der Waals surface area contributed by atoms with E-state index in [1.54, 1.807) is 0 Å². The highest BCUT2D eigenvalue weighted by molar-refractivity contribution is 7.05. The van der Waals surface area contributed by atoms with E-state index in [2.05, 4.69) is 23.2 Å². The first-order valence-electron chi connectivity index (χ1n) is 4.51. The zero-order valence-electron chi connectivity index (χ0n) is 8.66. The molecule has 0 saturated carbocycles. The Morgan fingerprint density at radius 2 is 2.08 bits per heavy atom. The molecule has 0 radical (unpaired) electrons. The SMILES string of the molecule is CC(C)Cc1nc(C(C)(C)N)ns1. The summed E-state index contributed by atoms with van der Waals surface area (Å²) in [5.74, 6) is 1.38. The molecular formula is C9H17N3S. The summed E-state index contributed by atoms with van der Waals surface area (Å²) < 4.78 is 4.25. The maximum absolute atomic E-state index is 5.88.